The Morgan fingerprint density at radius 3 is 2.20 bits per heavy atom. The Bertz CT molecular complexity index is 651. The van der Waals surface area contributed by atoms with E-state index in [0.717, 1.165) is 38.2 Å². The second kappa shape index (κ2) is 8.79. The van der Waals surface area contributed by atoms with E-state index in [1.165, 1.54) is 5.56 Å². The first kappa shape index (κ1) is 17.6. The smallest absolute Gasteiger partial charge is 0.251 e. The molecule has 1 amide bonds. The van der Waals surface area contributed by atoms with Crippen molar-refractivity contribution in [2.75, 3.05) is 39.8 Å². The monoisotopic (exact) mass is 337 g/mol. The van der Waals surface area contributed by atoms with Crippen LogP contribution >= 0.6 is 0 Å². The lowest BCUT2D eigenvalue weighted by Crippen LogP contribution is -2.53. The highest BCUT2D eigenvalue weighted by molar-refractivity contribution is 5.94. The molecule has 3 rings (SSSR count). The maximum atomic E-state index is 12.4. The van der Waals surface area contributed by atoms with Gasteiger partial charge in [-0.3, -0.25) is 9.69 Å². The van der Waals surface area contributed by atoms with Gasteiger partial charge in [0.25, 0.3) is 5.91 Å². The van der Waals surface area contributed by atoms with Gasteiger partial charge in [0.1, 0.15) is 0 Å². The molecule has 132 valence electrons. The lowest BCUT2D eigenvalue weighted by atomic mass is 10.0. The lowest BCUT2D eigenvalue weighted by molar-refractivity contribution is 0.0886. The summed E-state index contributed by atoms with van der Waals surface area (Å²) in [5, 5.41) is 3.13. The quantitative estimate of drug-likeness (QED) is 0.878. The lowest BCUT2D eigenvalue weighted by Gasteiger charge is -2.38. The molecule has 25 heavy (non-hydrogen) atoms. The average Bonchev–Trinajstić information content (AvgIpc) is 2.67. The van der Waals surface area contributed by atoms with E-state index in [4.69, 9.17) is 0 Å². The Labute approximate surface area is 150 Å². The third kappa shape index (κ3) is 5.15. The van der Waals surface area contributed by atoms with Crippen molar-refractivity contribution in [3.63, 3.8) is 0 Å². The summed E-state index contributed by atoms with van der Waals surface area (Å²) in [5.41, 5.74) is 2.04. The van der Waals surface area contributed by atoms with E-state index in [0.29, 0.717) is 12.6 Å². The van der Waals surface area contributed by atoms with Crippen LogP contribution in [0.25, 0.3) is 0 Å². The number of amides is 1. The van der Waals surface area contributed by atoms with Gasteiger partial charge >= 0.3 is 0 Å². The molecule has 2 aromatic carbocycles. The zero-order chi connectivity index (χ0) is 17.5. The molecule has 0 spiro atoms. The minimum Gasteiger partial charge on any atom is -0.350 e. The summed E-state index contributed by atoms with van der Waals surface area (Å²) >= 11 is 0. The molecule has 1 atom stereocenters. The normalized spacial score (nSPS) is 17.2. The van der Waals surface area contributed by atoms with Crippen LogP contribution in [0.2, 0.25) is 0 Å². The van der Waals surface area contributed by atoms with Crippen molar-refractivity contribution in [2.24, 2.45) is 0 Å². The molecule has 0 aliphatic carbocycles. The number of piperazine rings is 1. The number of likely N-dealkylation sites (N-methyl/N-ethyl adjacent to an activating group) is 1. The molecule has 1 N–H and O–H groups in total. The van der Waals surface area contributed by atoms with Crippen molar-refractivity contribution < 1.29 is 4.79 Å². The fourth-order valence-corrected chi connectivity index (χ4v) is 3.31. The molecular weight excluding hydrogens is 310 g/mol. The van der Waals surface area contributed by atoms with Crippen LogP contribution in [0.1, 0.15) is 15.9 Å². The third-order valence-electron chi connectivity index (χ3n) is 4.90. The Kier molecular flexibility index (Phi) is 6.20. The van der Waals surface area contributed by atoms with Crippen molar-refractivity contribution in [3.8, 4) is 0 Å². The van der Waals surface area contributed by atoms with Crippen LogP contribution < -0.4 is 5.32 Å². The van der Waals surface area contributed by atoms with Crippen LogP contribution in [0.5, 0.6) is 0 Å². The highest BCUT2D eigenvalue weighted by Crippen LogP contribution is 2.12. The van der Waals surface area contributed by atoms with Gasteiger partial charge in [0.05, 0.1) is 0 Å². The van der Waals surface area contributed by atoms with Crippen molar-refractivity contribution in [2.45, 2.75) is 12.5 Å². The number of hydrogen-bond acceptors (Lipinski definition) is 3. The van der Waals surface area contributed by atoms with Crippen molar-refractivity contribution in [3.05, 3.63) is 71.8 Å². The van der Waals surface area contributed by atoms with Gasteiger partial charge in [-0.15, -0.1) is 0 Å². The van der Waals surface area contributed by atoms with E-state index in [1.807, 2.05) is 36.4 Å². The molecule has 1 heterocycles. The van der Waals surface area contributed by atoms with Crippen LogP contribution in [0.4, 0.5) is 0 Å². The Balaban J connectivity index is 1.64. The van der Waals surface area contributed by atoms with Crippen molar-refractivity contribution >= 4 is 5.91 Å². The fourth-order valence-electron chi connectivity index (χ4n) is 3.31. The van der Waals surface area contributed by atoms with Gasteiger partial charge in [-0.25, -0.2) is 0 Å². The van der Waals surface area contributed by atoms with Crippen LogP contribution in [0.15, 0.2) is 60.7 Å². The molecule has 0 bridgehead atoms. The fraction of sp³-hybridized carbons (Fsp3) is 0.381. The van der Waals surface area contributed by atoms with Gasteiger partial charge in [0.15, 0.2) is 0 Å². The molecule has 0 radical (unpaired) electrons. The standard InChI is InChI=1S/C21H27N3O/c1-23-12-14-24(15-13-23)20(16-18-8-4-2-5-9-18)17-22-21(25)19-10-6-3-7-11-19/h2-11,20H,12-17H2,1H3,(H,22,25). The Morgan fingerprint density at radius 1 is 0.960 bits per heavy atom. The molecule has 1 aliphatic heterocycles. The van der Waals surface area contributed by atoms with E-state index in [-0.39, 0.29) is 5.91 Å². The van der Waals surface area contributed by atoms with E-state index in [1.54, 1.807) is 0 Å². The number of nitrogens with one attached hydrogen (secondary N) is 1. The molecule has 1 fully saturated rings. The first-order valence-electron chi connectivity index (χ1n) is 9.02. The topological polar surface area (TPSA) is 35.6 Å². The summed E-state index contributed by atoms with van der Waals surface area (Å²) < 4.78 is 0. The second-order valence-electron chi connectivity index (χ2n) is 6.76. The summed E-state index contributed by atoms with van der Waals surface area (Å²) in [6.45, 7) is 4.94. The highest BCUT2D eigenvalue weighted by atomic mass is 16.1. The molecule has 0 aromatic heterocycles. The van der Waals surface area contributed by atoms with E-state index in [2.05, 4.69) is 46.4 Å². The summed E-state index contributed by atoms with van der Waals surface area (Å²) in [7, 11) is 2.17. The summed E-state index contributed by atoms with van der Waals surface area (Å²) in [4.78, 5) is 17.3. The molecule has 4 heteroatoms. The first-order chi connectivity index (χ1) is 12.2. The number of rotatable bonds is 6. The van der Waals surface area contributed by atoms with Gasteiger partial charge in [0.2, 0.25) is 0 Å². The van der Waals surface area contributed by atoms with Gasteiger partial charge in [-0.1, -0.05) is 48.5 Å². The SMILES string of the molecule is CN1CCN(C(CNC(=O)c2ccccc2)Cc2ccccc2)CC1. The zero-order valence-electron chi connectivity index (χ0n) is 14.9. The Hall–Kier alpha value is -2.17. The average molecular weight is 337 g/mol. The molecular formula is C21H27N3O. The maximum Gasteiger partial charge on any atom is 0.251 e. The number of nitrogens with zero attached hydrogens (tertiary/aromatic N) is 2. The van der Waals surface area contributed by atoms with Gasteiger partial charge in [0, 0.05) is 44.3 Å². The number of hydrogen-bond donors (Lipinski definition) is 1. The number of benzene rings is 2. The van der Waals surface area contributed by atoms with Crippen LogP contribution in [0.3, 0.4) is 0 Å². The summed E-state index contributed by atoms with van der Waals surface area (Å²) in [5.74, 6) is 0.00721. The molecule has 0 saturated carbocycles. The van der Waals surface area contributed by atoms with Crippen molar-refractivity contribution in [1.29, 1.82) is 0 Å². The van der Waals surface area contributed by atoms with E-state index < -0.39 is 0 Å². The van der Waals surface area contributed by atoms with E-state index >= 15 is 0 Å². The number of carbonyl (C=O) groups is 1. The predicted octanol–water partition coefficient (Wildman–Crippen LogP) is 2.28. The zero-order valence-corrected chi connectivity index (χ0v) is 14.9. The van der Waals surface area contributed by atoms with Crippen LogP contribution in [0, 0.1) is 0 Å². The van der Waals surface area contributed by atoms with Crippen LogP contribution in [-0.4, -0.2) is 61.5 Å². The van der Waals surface area contributed by atoms with Crippen LogP contribution in [-0.2, 0) is 6.42 Å². The number of carbonyl (C=O) groups excluding carboxylic acids is 1. The molecule has 1 aliphatic rings. The molecule has 4 nitrogen and oxygen atoms in total. The first-order valence-corrected chi connectivity index (χ1v) is 9.02. The van der Waals surface area contributed by atoms with Gasteiger partial charge < -0.3 is 10.2 Å². The summed E-state index contributed by atoms with van der Waals surface area (Å²) in [6, 6.07) is 20.3. The minimum absolute atomic E-state index is 0.00721. The van der Waals surface area contributed by atoms with E-state index in [9.17, 15) is 4.79 Å². The molecule has 2 aromatic rings. The largest absolute Gasteiger partial charge is 0.350 e. The molecule has 1 unspecified atom stereocenters. The third-order valence-corrected chi connectivity index (χ3v) is 4.90. The second-order valence-corrected chi connectivity index (χ2v) is 6.76. The Morgan fingerprint density at radius 2 is 1.56 bits per heavy atom. The minimum atomic E-state index is 0.00721. The van der Waals surface area contributed by atoms with Gasteiger partial charge in [-0.05, 0) is 31.2 Å². The summed E-state index contributed by atoms with van der Waals surface area (Å²) in [6.07, 6.45) is 0.958. The maximum absolute atomic E-state index is 12.4. The predicted molar refractivity (Wildman–Crippen MR) is 102 cm³/mol. The highest BCUT2D eigenvalue weighted by Gasteiger charge is 2.23. The van der Waals surface area contributed by atoms with Crippen molar-refractivity contribution in [1.82, 2.24) is 15.1 Å². The van der Waals surface area contributed by atoms with Gasteiger partial charge in [-0.2, -0.15) is 0 Å². The molecule has 1 saturated heterocycles.